The first kappa shape index (κ1) is 26.6. The van der Waals surface area contributed by atoms with E-state index in [0.717, 1.165) is 17.8 Å². The van der Waals surface area contributed by atoms with E-state index >= 15 is 0 Å². The Labute approximate surface area is 198 Å². The van der Waals surface area contributed by atoms with Gasteiger partial charge in [-0.05, 0) is 55.2 Å². The van der Waals surface area contributed by atoms with Gasteiger partial charge in [0.2, 0.25) is 0 Å². The average molecular weight is 437 g/mol. The van der Waals surface area contributed by atoms with Gasteiger partial charge in [-0.15, -0.1) is 0 Å². The lowest BCUT2D eigenvalue weighted by atomic mass is 10.0. The lowest BCUT2D eigenvalue weighted by Gasteiger charge is -2.06. The molecule has 0 unspecified atom stereocenters. The van der Waals surface area contributed by atoms with E-state index in [1.54, 1.807) is 0 Å². The maximum absolute atomic E-state index is 4.52. The summed E-state index contributed by atoms with van der Waals surface area (Å²) in [6.45, 7) is 4.40. The summed E-state index contributed by atoms with van der Waals surface area (Å²) in [6, 6.07) is 8.52. The summed E-state index contributed by atoms with van der Waals surface area (Å²) in [5.74, 6) is 0. The van der Waals surface area contributed by atoms with Gasteiger partial charge in [-0.25, -0.2) is 0 Å². The lowest BCUT2D eigenvalue weighted by Crippen LogP contribution is -1.92. The third kappa shape index (κ3) is 12.4. The van der Waals surface area contributed by atoms with E-state index in [4.69, 9.17) is 0 Å². The summed E-state index contributed by atoms with van der Waals surface area (Å²) < 4.78 is 0. The molecule has 2 nitrogen and oxygen atoms in total. The maximum Gasteiger partial charge on any atom is 0.0888 e. The van der Waals surface area contributed by atoms with Crippen molar-refractivity contribution >= 4 is 0 Å². The molecule has 2 aromatic heterocycles. The van der Waals surface area contributed by atoms with Crippen molar-refractivity contribution in [2.75, 3.05) is 0 Å². The molecule has 0 saturated carbocycles. The Hall–Kier alpha value is -1.70. The molecule has 0 aliphatic rings. The molecule has 0 bridgehead atoms. The van der Waals surface area contributed by atoms with Crippen LogP contribution in [0.1, 0.15) is 127 Å². The predicted molar refractivity (Wildman–Crippen MR) is 140 cm³/mol. The van der Waals surface area contributed by atoms with Gasteiger partial charge in [0, 0.05) is 12.4 Å². The Balaban J connectivity index is 1.40. The van der Waals surface area contributed by atoms with Gasteiger partial charge in [0.15, 0.2) is 0 Å². The number of nitrogens with zero attached hydrogens (tertiary/aromatic N) is 2. The zero-order valence-corrected chi connectivity index (χ0v) is 21.1. The highest BCUT2D eigenvalue weighted by Crippen LogP contribution is 2.18. The van der Waals surface area contributed by atoms with Gasteiger partial charge >= 0.3 is 0 Å². The largest absolute Gasteiger partial charge is 0.255 e. The van der Waals surface area contributed by atoms with Crippen LogP contribution >= 0.6 is 0 Å². The molecule has 2 heterocycles. The van der Waals surface area contributed by atoms with Gasteiger partial charge in [0.05, 0.1) is 11.4 Å². The van der Waals surface area contributed by atoms with E-state index in [2.05, 4.69) is 42.0 Å². The molecule has 32 heavy (non-hydrogen) atoms. The van der Waals surface area contributed by atoms with E-state index in [1.165, 1.54) is 120 Å². The van der Waals surface area contributed by atoms with Crippen LogP contribution in [0.4, 0.5) is 0 Å². The summed E-state index contributed by atoms with van der Waals surface area (Å²) in [4.78, 5) is 8.99. The topological polar surface area (TPSA) is 25.8 Å². The van der Waals surface area contributed by atoms with Gasteiger partial charge in [-0.1, -0.05) is 110 Å². The predicted octanol–water partition coefficient (Wildman–Crippen LogP) is 9.65. The van der Waals surface area contributed by atoms with Crippen LogP contribution in [0.5, 0.6) is 0 Å². The van der Waals surface area contributed by atoms with Crippen LogP contribution in [0.2, 0.25) is 0 Å². The van der Waals surface area contributed by atoms with Crippen LogP contribution < -0.4 is 0 Å². The fraction of sp³-hybridized carbons (Fsp3) is 0.667. The second kappa shape index (κ2) is 17.8. The van der Waals surface area contributed by atoms with E-state index < -0.39 is 0 Å². The van der Waals surface area contributed by atoms with Gasteiger partial charge < -0.3 is 0 Å². The number of aromatic nitrogens is 2. The number of hydrogen-bond donors (Lipinski definition) is 0. The molecule has 0 atom stereocenters. The fourth-order valence-electron chi connectivity index (χ4n) is 4.50. The normalized spacial score (nSPS) is 11.2. The monoisotopic (exact) mass is 436 g/mol. The van der Waals surface area contributed by atoms with Crippen LogP contribution in [0, 0.1) is 6.92 Å². The van der Waals surface area contributed by atoms with Crippen molar-refractivity contribution in [3.8, 4) is 11.4 Å². The molecule has 0 radical (unpaired) electrons. The molecular weight excluding hydrogens is 388 g/mol. The Morgan fingerprint density at radius 1 is 0.531 bits per heavy atom. The lowest BCUT2D eigenvalue weighted by molar-refractivity contribution is 0.527. The number of rotatable bonds is 19. The SMILES string of the molecule is CCCCCCCCCCCCCCCCCCCc1ccnc(-c2cc(C)ccn2)c1. The van der Waals surface area contributed by atoms with Crippen molar-refractivity contribution in [2.24, 2.45) is 0 Å². The Kier molecular flexibility index (Phi) is 14.8. The van der Waals surface area contributed by atoms with E-state index in [0.29, 0.717) is 0 Å². The zero-order chi connectivity index (χ0) is 22.7. The average Bonchev–Trinajstić information content (AvgIpc) is 2.81. The Morgan fingerprint density at radius 3 is 1.47 bits per heavy atom. The van der Waals surface area contributed by atoms with Gasteiger partial charge in [-0.3, -0.25) is 9.97 Å². The van der Waals surface area contributed by atoms with Gasteiger partial charge in [-0.2, -0.15) is 0 Å². The number of hydrogen-bond acceptors (Lipinski definition) is 2. The third-order valence-electron chi connectivity index (χ3n) is 6.57. The molecule has 0 N–H and O–H groups in total. The first-order valence-corrected chi connectivity index (χ1v) is 13.7. The molecule has 0 aromatic carbocycles. The van der Waals surface area contributed by atoms with E-state index in [-0.39, 0.29) is 0 Å². The molecular formula is C30H48N2. The Bertz CT molecular complexity index is 709. The molecule has 0 spiro atoms. The smallest absolute Gasteiger partial charge is 0.0888 e. The summed E-state index contributed by atoms with van der Waals surface area (Å²) in [6.07, 6.45) is 29.2. The minimum Gasteiger partial charge on any atom is -0.255 e. The van der Waals surface area contributed by atoms with Crippen LogP contribution in [-0.2, 0) is 6.42 Å². The van der Waals surface area contributed by atoms with Crippen LogP contribution in [0.15, 0.2) is 36.7 Å². The molecule has 2 rings (SSSR count). The van der Waals surface area contributed by atoms with Crippen molar-refractivity contribution < 1.29 is 0 Å². The molecule has 178 valence electrons. The highest BCUT2D eigenvalue weighted by molar-refractivity contribution is 5.55. The van der Waals surface area contributed by atoms with Crippen molar-refractivity contribution in [1.29, 1.82) is 0 Å². The third-order valence-corrected chi connectivity index (χ3v) is 6.57. The van der Waals surface area contributed by atoms with E-state index in [1.807, 2.05) is 18.5 Å². The van der Waals surface area contributed by atoms with Crippen LogP contribution in [0.3, 0.4) is 0 Å². The highest BCUT2D eigenvalue weighted by atomic mass is 14.8. The van der Waals surface area contributed by atoms with Crippen LogP contribution in [0.25, 0.3) is 11.4 Å². The second-order valence-electron chi connectivity index (χ2n) is 9.67. The zero-order valence-electron chi connectivity index (χ0n) is 21.1. The van der Waals surface area contributed by atoms with Crippen molar-refractivity contribution in [3.05, 3.63) is 47.8 Å². The molecule has 0 saturated heterocycles. The maximum atomic E-state index is 4.52. The van der Waals surface area contributed by atoms with Crippen molar-refractivity contribution in [1.82, 2.24) is 9.97 Å². The first-order chi connectivity index (χ1) is 15.8. The fourth-order valence-corrected chi connectivity index (χ4v) is 4.50. The number of pyridine rings is 2. The summed E-state index contributed by atoms with van der Waals surface area (Å²) in [7, 11) is 0. The molecule has 2 heteroatoms. The highest BCUT2D eigenvalue weighted by Gasteiger charge is 2.03. The quantitative estimate of drug-likeness (QED) is 0.205. The molecule has 2 aromatic rings. The first-order valence-electron chi connectivity index (χ1n) is 13.7. The molecule has 0 fully saturated rings. The minimum absolute atomic E-state index is 0.981. The van der Waals surface area contributed by atoms with E-state index in [9.17, 15) is 0 Å². The minimum atomic E-state index is 0.981. The van der Waals surface area contributed by atoms with Crippen molar-refractivity contribution in [2.45, 2.75) is 129 Å². The molecule has 0 amide bonds. The molecule has 0 aliphatic carbocycles. The number of aryl methyl sites for hydroxylation is 2. The summed E-state index contributed by atoms with van der Waals surface area (Å²) in [5.41, 5.74) is 4.60. The van der Waals surface area contributed by atoms with Crippen molar-refractivity contribution in [3.63, 3.8) is 0 Å². The van der Waals surface area contributed by atoms with Gasteiger partial charge in [0.1, 0.15) is 0 Å². The second-order valence-corrected chi connectivity index (χ2v) is 9.67. The number of unbranched alkanes of at least 4 members (excludes halogenated alkanes) is 16. The summed E-state index contributed by atoms with van der Waals surface area (Å²) in [5, 5.41) is 0. The van der Waals surface area contributed by atoms with Gasteiger partial charge in [0.25, 0.3) is 0 Å². The molecule has 0 aliphatic heterocycles. The van der Waals surface area contributed by atoms with Crippen LogP contribution in [-0.4, -0.2) is 9.97 Å². The summed E-state index contributed by atoms with van der Waals surface area (Å²) >= 11 is 0. The standard InChI is InChI=1S/C30H48N2/c1-3-4-5-6-7-8-9-10-11-12-13-14-15-16-17-18-19-20-28-22-24-32-30(26-28)29-25-27(2)21-23-31-29/h21-26H,3-20H2,1-2H3. The Morgan fingerprint density at radius 2 is 0.969 bits per heavy atom.